The number of rotatable bonds is 10. The maximum Gasteiger partial charge on any atom is 0.315 e. The molecule has 3 amide bonds. The summed E-state index contributed by atoms with van der Waals surface area (Å²) >= 11 is 0. The molecule has 0 unspecified atom stereocenters. The maximum absolute atomic E-state index is 13.0. The van der Waals surface area contributed by atoms with Crippen LogP contribution in [-0.4, -0.2) is 72.7 Å². The van der Waals surface area contributed by atoms with Gasteiger partial charge in [0.05, 0.1) is 19.8 Å². The van der Waals surface area contributed by atoms with E-state index in [-0.39, 0.29) is 24.8 Å². The monoisotopic (exact) mass is 443 g/mol. The van der Waals surface area contributed by atoms with Gasteiger partial charge in [-0.2, -0.15) is 0 Å². The Morgan fingerprint density at radius 2 is 1.75 bits per heavy atom. The molecule has 9 heteroatoms. The largest absolute Gasteiger partial charge is 0.379 e. The molecule has 32 heavy (non-hydrogen) atoms. The van der Waals surface area contributed by atoms with E-state index in [4.69, 9.17) is 4.74 Å². The van der Waals surface area contributed by atoms with Gasteiger partial charge >= 0.3 is 6.03 Å². The van der Waals surface area contributed by atoms with Crippen molar-refractivity contribution in [2.75, 3.05) is 45.9 Å². The number of amides is 3. The summed E-state index contributed by atoms with van der Waals surface area (Å²) in [5.41, 5.74) is 1.76. The van der Waals surface area contributed by atoms with Gasteiger partial charge < -0.3 is 20.3 Å². The predicted molar refractivity (Wildman–Crippen MR) is 118 cm³/mol. The Labute approximate surface area is 187 Å². The number of nitrogens with one attached hydrogen (secondary N) is 2. The molecular formula is C23H30FN5O3. The topological polar surface area (TPSA) is 86.8 Å². The zero-order valence-corrected chi connectivity index (χ0v) is 18.1. The van der Waals surface area contributed by atoms with Gasteiger partial charge in [-0.05, 0) is 41.8 Å². The van der Waals surface area contributed by atoms with Gasteiger partial charge in [-0.25, -0.2) is 9.18 Å². The number of pyridine rings is 1. The highest BCUT2D eigenvalue weighted by Gasteiger charge is 2.16. The third-order valence-corrected chi connectivity index (χ3v) is 5.25. The molecule has 1 aromatic carbocycles. The van der Waals surface area contributed by atoms with Gasteiger partial charge in [-0.3, -0.25) is 14.7 Å². The summed E-state index contributed by atoms with van der Waals surface area (Å²) in [6, 6.07) is 9.20. The van der Waals surface area contributed by atoms with Crippen LogP contribution in [0, 0.1) is 5.82 Å². The Bertz CT molecular complexity index is 844. The quantitative estimate of drug-likeness (QED) is 0.585. The first-order chi connectivity index (χ1) is 15.6. The van der Waals surface area contributed by atoms with Crippen molar-refractivity contribution in [1.29, 1.82) is 0 Å². The fourth-order valence-electron chi connectivity index (χ4n) is 3.43. The minimum atomic E-state index is -0.445. The van der Waals surface area contributed by atoms with Gasteiger partial charge in [-0.15, -0.1) is 0 Å². The van der Waals surface area contributed by atoms with Crippen molar-refractivity contribution < 1.29 is 18.7 Å². The second-order valence-corrected chi connectivity index (χ2v) is 7.64. The van der Waals surface area contributed by atoms with Gasteiger partial charge in [0.15, 0.2) is 0 Å². The van der Waals surface area contributed by atoms with Gasteiger partial charge in [0.1, 0.15) is 5.82 Å². The van der Waals surface area contributed by atoms with Gasteiger partial charge in [0, 0.05) is 51.7 Å². The van der Waals surface area contributed by atoms with E-state index in [0.29, 0.717) is 13.1 Å². The van der Waals surface area contributed by atoms with Crippen molar-refractivity contribution in [2.24, 2.45) is 0 Å². The molecule has 1 aliphatic rings. The highest BCUT2D eigenvalue weighted by atomic mass is 19.1. The third-order valence-electron chi connectivity index (χ3n) is 5.25. The molecule has 1 saturated heterocycles. The van der Waals surface area contributed by atoms with Gasteiger partial charge in [0.2, 0.25) is 5.91 Å². The minimum Gasteiger partial charge on any atom is -0.379 e. The van der Waals surface area contributed by atoms with Crippen LogP contribution in [0.5, 0.6) is 0 Å². The molecule has 172 valence electrons. The Morgan fingerprint density at radius 3 is 2.47 bits per heavy atom. The van der Waals surface area contributed by atoms with Crippen molar-refractivity contribution in [1.82, 2.24) is 25.4 Å². The summed E-state index contributed by atoms with van der Waals surface area (Å²) in [6.07, 6.45) is 4.24. The second kappa shape index (κ2) is 12.7. The number of carbonyl (C=O) groups excluding carboxylic acids is 2. The molecule has 1 aliphatic heterocycles. The summed E-state index contributed by atoms with van der Waals surface area (Å²) in [5.74, 6) is -0.479. The highest BCUT2D eigenvalue weighted by Crippen LogP contribution is 2.06. The molecule has 0 spiro atoms. The average Bonchev–Trinajstić information content (AvgIpc) is 2.83. The van der Waals surface area contributed by atoms with Crippen LogP contribution in [0.2, 0.25) is 0 Å². The number of ether oxygens (including phenoxy) is 1. The number of morpholine rings is 1. The number of nitrogens with zero attached hydrogens (tertiary/aromatic N) is 3. The molecule has 1 aromatic heterocycles. The van der Waals surface area contributed by atoms with Gasteiger partial charge in [0.25, 0.3) is 0 Å². The molecule has 0 atom stereocenters. The van der Waals surface area contributed by atoms with E-state index >= 15 is 0 Å². The fourth-order valence-corrected chi connectivity index (χ4v) is 3.43. The Morgan fingerprint density at radius 1 is 1.03 bits per heavy atom. The zero-order valence-electron chi connectivity index (χ0n) is 18.1. The number of hydrogen-bond acceptors (Lipinski definition) is 5. The van der Waals surface area contributed by atoms with Crippen molar-refractivity contribution in [3.63, 3.8) is 0 Å². The van der Waals surface area contributed by atoms with Crippen molar-refractivity contribution in [3.8, 4) is 0 Å². The lowest BCUT2D eigenvalue weighted by Crippen LogP contribution is -2.44. The van der Waals surface area contributed by atoms with E-state index in [0.717, 1.165) is 50.4 Å². The number of halogens is 1. The molecule has 0 saturated carbocycles. The molecule has 8 nitrogen and oxygen atoms in total. The van der Waals surface area contributed by atoms with E-state index in [2.05, 4.69) is 20.5 Å². The molecule has 0 bridgehead atoms. The third kappa shape index (κ3) is 8.24. The molecule has 0 radical (unpaired) electrons. The molecule has 2 N–H and O–H groups in total. The SMILES string of the molecule is O=C(NCC(=O)N(CCCN1CCOCC1)Cc1ccncc1)NCc1ccc(F)cc1. The van der Waals surface area contributed by atoms with E-state index in [1.807, 2.05) is 12.1 Å². The second-order valence-electron chi connectivity index (χ2n) is 7.64. The lowest BCUT2D eigenvalue weighted by Gasteiger charge is -2.28. The van der Waals surface area contributed by atoms with E-state index in [1.54, 1.807) is 29.4 Å². The number of urea groups is 1. The van der Waals surface area contributed by atoms with E-state index < -0.39 is 6.03 Å². The van der Waals surface area contributed by atoms with Crippen LogP contribution < -0.4 is 10.6 Å². The van der Waals surface area contributed by atoms with E-state index in [9.17, 15) is 14.0 Å². The highest BCUT2D eigenvalue weighted by molar-refractivity contribution is 5.84. The number of benzene rings is 1. The first-order valence-electron chi connectivity index (χ1n) is 10.8. The summed E-state index contributed by atoms with van der Waals surface area (Å²) in [5, 5.41) is 5.29. The fraction of sp³-hybridized carbons (Fsp3) is 0.435. The summed E-state index contributed by atoms with van der Waals surface area (Å²) in [6.45, 7) is 5.42. The number of carbonyl (C=O) groups is 2. The lowest BCUT2D eigenvalue weighted by molar-refractivity contribution is -0.130. The van der Waals surface area contributed by atoms with Gasteiger partial charge in [-0.1, -0.05) is 12.1 Å². The van der Waals surface area contributed by atoms with Crippen molar-refractivity contribution in [2.45, 2.75) is 19.5 Å². The summed E-state index contributed by atoms with van der Waals surface area (Å²) < 4.78 is 18.3. The van der Waals surface area contributed by atoms with Crippen LogP contribution in [0.15, 0.2) is 48.8 Å². The Hall–Kier alpha value is -3.04. The summed E-state index contributed by atoms with van der Waals surface area (Å²) in [7, 11) is 0. The van der Waals surface area contributed by atoms with Crippen LogP contribution >= 0.6 is 0 Å². The Balaban J connectivity index is 1.46. The summed E-state index contributed by atoms with van der Waals surface area (Å²) in [4.78, 5) is 33.0. The van der Waals surface area contributed by atoms with Crippen LogP contribution in [0.25, 0.3) is 0 Å². The molecule has 2 heterocycles. The van der Waals surface area contributed by atoms with Crippen LogP contribution in [0.4, 0.5) is 9.18 Å². The zero-order chi connectivity index (χ0) is 22.6. The Kier molecular flexibility index (Phi) is 9.39. The van der Waals surface area contributed by atoms with Crippen LogP contribution in [-0.2, 0) is 22.6 Å². The molecule has 1 fully saturated rings. The van der Waals surface area contributed by atoms with Crippen LogP contribution in [0.1, 0.15) is 17.5 Å². The standard InChI is InChI=1S/C23H30FN5O3/c24-21-4-2-19(3-5-21)16-26-23(31)27-17-22(30)29(18-20-6-8-25-9-7-20)11-1-10-28-12-14-32-15-13-28/h2-9H,1,10-18H2,(H2,26,27,31). The number of hydrogen-bond donors (Lipinski definition) is 2. The average molecular weight is 444 g/mol. The molecule has 3 rings (SSSR count). The molecular weight excluding hydrogens is 413 g/mol. The van der Waals surface area contributed by atoms with Crippen LogP contribution in [0.3, 0.4) is 0 Å². The lowest BCUT2D eigenvalue weighted by atomic mass is 10.2. The molecule has 2 aromatic rings. The smallest absolute Gasteiger partial charge is 0.315 e. The first kappa shape index (κ1) is 23.6. The molecule has 0 aliphatic carbocycles. The maximum atomic E-state index is 13.0. The van der Waals surface area contributed by atoms with E-state index in [1.165, 1.54) is 12.1 Å². The predicted octanol–water partition coefficient (Wildman–Crippen LogP) is 1.77. The number of aromatic nitrogens is 1. The minimum absolute atomic E-state index is 0.0993. The normalized spacial score (nSPS) is 14.0. The first-order valence-corrected chi connectivity index (χ1v) is 10.8. The van der Waals surface area contributed by atoms with Crippen molar-refractivity contribution in [3.05, 3.63) is 65.7 Å². The van der Waals surface area contributed by atoms with Crippen molar-refractivity contribution >= 4 is 11.9 Å².